The predicted molar refractivity (Wildman–Crippen MR) is 68.7 cm³/mol. The van der Waals surface area contributed by atoms with Crippen LogP contribution in [0.5, 0.6) is 0 Å². The van der Waals surface area contributed by atoms with Crippen LogP contribution in [0.1, 0.15) is 26.2 Å². The standard InChI is InChI=1S/C13H20O3S/c1-3-5-12-11-9-14-13(16-12,15-10-11)6-8-17-7-4-2/h2,11-12H,3,5-10H2,1H3. The maximum absolute atomic E-state index is 5.98. The Kier molecular flexibility index (Phi) is 4.75. The molecule has 2 bridgehead atoms. The number of hydrogen-bond acceptors (Lipinski definition) is 4. The molecule has 3 heterocycles. The van der Waals surface area contributed by atoms with Crippen LogP contribution in [-0.4, -0.2) is 36.8 Å². The highest BCUT2D eigenvalue weighted by atomic mass is 32.2. The molecule has 3 rings (SSSR count). The van der Waals surface area contributed by atoms with E-state index in [9.17, 15) is 0 Å². The van der Waals surface area contributed by atoms with Crippen molar-refractivity contribution in [1.82, 2.24) is 0 Å². The minimum Gasteiger partial charge on any atom is -0.327 e. The Morgan fingerprint density at radius 1 is 1.41 bits per heavy atom. The average Bonchev–Trinajstić information content (AvgIpc) is 2.37. The second kappa shape index (κ2) is 6.10. The molecule has 0 aliphatic carbocycles. The maximum atomic E-state index is 5.98. The molecule has 0 amide bonds. The normalized spacial score (nSPS) is 35.8. The molecule has 1 unspecified atom stereocenters. The van der Waals surface area contributed by atoms with Crippen molar-refractivity contribution in [3.63, 3.8) is 0 Å². The highest BCUT2D eigenvalue weighted by Crippen LogP contribution is 2.39. The van der Waals surface area contributed by atoms with Gasteiger partial charge in [-0.05, 0) is 6.42 Å². The molecule has 3 saturated heterocycles. The SMILES string of the molecule is C#CCSCCC12OCC(CO1)C(CCC)O2. The molecule has 17 heavy (non-hydrogen) atoms. The first-order valence-corrected chi connectivity index (χ1v) is 7.42. The predicted octanol–water partition coefficient (Wildman–Crippen LogP) is 2.26. The molecular weight excluding hydrogens is 236 g/mol. The van der Waals surface area contributed by atoms with Gasteiger partial charge in [0.25, 0.3) is 5.97 Å². The second-order valence-electron chi connectivity index (χ2n) is 4.52. The smallest absolute Gasteiger partial charge is 0.284 e. The first kappa shape index (κ1) is 13.2. The molecule has 0 aromatic carbocycles. The lowest BCUT2D eigenvalue weighted by molar-refractivity contribution is -0.467. The van der Waals surface area contributed by atoms with Gasteiger partial charge in [0, 0.05) is 18.1 Å². The zero-order valence-electron chi connectivity index (χ0n) is 10.3. The fraction of sp³-hybridized carbons (Fsp3) is 0.846. The Hall–Kier alpha value is -0.210. The third kappa shape index (κ3) is 3.17. The number of rotatable bonds is 6. The Labute approximate surface area is 108 Å². The number of terminal acetylenes is 1. The van der Waals surface area contributed by atoms with Gasteiger partial charge in [0.2, 0.25) is 0 Å². The summed E-state index contributed by atoms with van der Waals surface area (Å²) in [5.41, 5.74) is 0. The van der Waals surface area contributed by atoms with Gasteiger partial charge in [-0.1, -0.05) is 19.3 Å². The monoisotopic (exact) mass is 256 g/mol. The van der Waals surface area contributed by atoms with Crippen LogP contribution >= 0.6 is 11.8 Å². The van der Waals surface area contributed by atoms with Crippen molar-refractivity contribution < 1.29 is 14.2 Å². The molecule has 3 fully saturated rings. The number of fused-ring (bicyclic) bond motifs is 3. The van der Waals surface area contributed by atoms with Crippen LogP contribution < -0.4 is 0 Å². The zero-order valence-corrected chi connectivity index (χ0v) is 11.1. The average molecular weight is 256 g/mol. The van der Waals surface area contributed by atoms with Gasteiger partial charge in [0.1, 0.15) is 0 Å². The summed E-state index contributed by atoms with van der Waals surface area (Å²) >= 11 is 1.72. The van der Waals surface area contributed by atoms with Crippen molar-refractivity contribution in [3.8, 4) is 12.3 Å². The van der Waals surface area contributed by atoms with Gasteiger partial charge in [-0.15, -0.1) is 18.2 Å². The molecule has 3 aliphatic rings. The van der Waals surface area contributed by atoms with Crippen molar-refractivity contribution in [3.05, 3.63) is 0 Å². The molecule has 0 saturated carbocycles. The Morgan fingerprint density at radius 3 is 2.82 bits per heavy atom. The maximum Gasteiger partial charge on any atom is 0.284 e. The van der Waals surface area contributed by atoms with Crippen molar-refractivity contribution in [2.45, 2.75) is 38.3 Å². The van der Waals surface area contributed by atoms with Crippen molar-refractivity contribution in [1.29, 1.82) is 0 Å². The zero-order chi connectivity index (χ0) is 12.1. The summed E-state index contributed by atoms with van der Waals surface area (Å²) in [6, 6.07) is 0. The Morgan fingerprint density at radius 2 is 2.18 bits per heavy atom. The van der Waals surface area contributed by atoms with Gasteiger partial charge in [-0.3, -0.25) is 0 Å². The molecule has 0 aromatic rings. The highest BCUT2D eigenvalue weighted by molar-refractivity contribution is 7.99. The highest BCUT2D eigenvalue weighted by Gasteiger charge is 2.48. The lowest BCUT2D eigenvalue weighted by Crippen LogP contribution is -2.58. The van der Waals surface area contributed by atoms with Gasteiger partial charge >= 0.3 is 0 Å². The van der Waals surface area contributed by atoms with E-state index in [2.05, 4.69) is 12.8 Å². The van der Waals surface area contributed by atoms with Crippen LogP contribution in [0.25, 0.3) is 0 Å². The summed E-state index contributed by atoms with van der Waals surface area (Å²) in [6.07, 6.45) is 8.52. The molecule has 3 nitrogen and oxygen atoms in total. The summed E-state index contributed by atoms with van der Waals surface area (Å²) in [6.45, 7) is 3.72. The third-order valence-corrected chi connectivity index (χ3v) is 4.07. The van der Waals surface area contributed by atoms with E-state index >= 15 is 0 Å². The molecule has 0 radical (unpaired) electrons. The number of thioether (sulfide) groups is 1. The minimum absolute atomic E-state index is 0.306. The van der Waals surface area contributed by atoms with Gasteiger partial charge in [0.15, 0.2) is 0 Å². The van der Waals surface area contributed by atoms with Crippen molar-refractivity contribution in [2.24, 2.45) is 5.92 Å². The van der Waals surface area contributed by atoms with E-state index in [1.807, 2.05) is 0 Å². The lowest BCUT2D eigenvalue weighted by Gasteiger charge is -2.49. The summed E-state index contributed by atoms with van der Waals surface area (Å²) in [5, 5.41) is 0. The van der Waals surface area contributed by atoms with E-state index < -0.39 is 5.97 Å². The molecule has 4 heteroatoms. The molecule has 0 N–H and O–H groups in total. The van der Waals surface area contributed by atoms with Gasteiger partial charge in [-0.25, -0.2) is 0 Å². The minimum atomic E-state index is -0.782. The van der Waals surface area contributed by atoms with Gasteiger partial charge in [0.05, 0.1) is 25.1 Å². The van der Waals surface area contributed by atoms with Gasteiger partial charge < -0.3 is 14.2 Å². The molecule has 0 aromatic heterocycles. The van der Waals surface area contributed by atoms with E-state index in [1.165, 1.54) is 0 Å². The summed E-state index contributed by atoms with van der Waals surface area (Å²) in [5.74, 6) is 3.89. The number of hydrogen-bond donors (Lipinski definition) is 0. The van der Waals surface area contributed by atoms with Crippen LogP contribution in [0.2, 0.25) is 0 Å². The van der Waals surface area contributed by atoms with Crippen molar-refractivity contribution in [2.75, 3.05) is 24.7 Å². The van der Waals surface area contributed by atoms with Crippen LogP contribution in [0.3, 0.4) is 0 Å². The van der Waals surface area contributed by atoms with E-state index in [0.29, 0.717) is 12.0 Å². The molecule has 0 spiro atoms. The first-order chi connectivity index (χ1) is 8.29. The molecule has 96 valence electrons. The van der Waals surface area contributed by atoms with Gasteiger partial charge in [-0.2, -0.15) is 0 Å². The van der Waals surface area contributed by atoms with E-state index in [-0.39, 0.29) is 0 Å². The Balaban J connectivity index is 1.84. The van der Waals surface area contributed by atoms with E-state index in [0.717, 1.165) is 44.0 Å². The topological polar surface area (TPSA) is 27.7 Å². The lowest BCUT2D eigenvalue weighted by atomic mass is 9.97. The van der Waals surface area contributed by atoms with Crippen LogP contribution in [0.4, 0.5) is 0 Å². The fourth-order valence-corrected chi connectivity index (χ4v) is 2.93. The van der Waals surface area contributed by atoms with Crippen LogP contribution in [0, 0.1) is 18.3 Å². The Bertz CT molecular complexity index is 279. The molecule has 3 aliphatic heterocycles. The second-order valence-corrected chi connectivity index (χ2v) is 5.62. The molecule has 1 atom stereocenters. The van der Waals surface area contributed by atoms with Crippen LogP contribution in [0.15, 0.2) is 0 Å². The summed E-state index contributed by atoms with van der Waals surface area (Å²) < 4.78 is 17.4. The van der Waals surface area contributed by atoms with Crippen molar-refractivity contribution >= 4 is 11.8 Å². The summed E-state index contributed by atoms with van der Waals surface area (Å²) in [4.78, 5) is 0. The number of ether oxygens (including phenoxy) is 3. The van der Waals surface area contributed by atoms with E-state index in [1.54, 1.807) is 11.8 Å². The summed E-state index contributed by atoms with van der Waals surface area (Å²) in [7, 11) is 0. The largest absolute Gasteiger partial charge is 0.327 e. The molecular formula is C13H20O3S. The van der Waals surface area contributed by atoms with E-state index in [4.69, 9.17) is 20.6 Å². The first-order valence-electron chi connectivity index (χ1n) is 6.26. The fourth-order valence-electron chi connectivity index (χ4n) is 2.28. The van der Waals surface area contributed by atoms with Crippen LogP contribution in [-0.2, 0) is 14.2 Å². The quantitative estimate of drug-likeness (QED) is 0.538. The third-order valence-electron chi connectivity index (χ3n) is 3.20.